The lowest BCUT2D eigenvalue weighted by atomic mass is 10.0. The highest BCUT2D eigenvalue weighted by Gasteiger charge is 2.15. The molecule has 2 aromatic rings. The summed E-state index contributed by atoms with van der Waals surface area (Å²) >= 11 is 0. The zero-order valence-electron chi connectivity index (χ0n) is 13.7. The Morgan fingerprint density at radius 3 is 2.48 bits per heavy atom. The molecule has 0 fully saturated rings. The molecule has 0 spiro atoms. The monoisotopic (exact) mass is 313 g/mol. The smallest absolute Gasteiger partial charge is 0.251 e. The third kappa shape index (κ3) is 4.71. The second kappa shape index (κ2) is 7.63. The van der Waals surface area contributed by atoms with Gasteiger partial charge in [0.2, 0.25) is 0 Å². The van der Waals surface area contributed by atoms with Crippen molar-refractivity contribution in [3.05, 3.63) is 64.6 Å². The zero-order valence-corrected chi connectivity index (χ0v) is 13.7. The Bertz CT molecular complexity index is 708. The molecule has 1 aromatic carbocycles. The van der Waals surface area contributed by atoms with Crippen molar-refractivity contribution >= 4 is 11.6 Å². The standard InChI is InChI=1S/C18H23N3O2/c1-13(2)16(20-15-7-5-4-6-8-15)12-19-18(23)14-9-10-21(3)17(22)11-14/h4-11,13,16,20H,12H2,1-3H3,(H,19,23). The van der Waals surface area contributed by atoms with Crippen molar-refractivity contribution in [3.8, 4) is 0 Å². The predicted molar refractivity (Wildman–Crippen MR) is 92.7 cm³/mol. The molecule has 1 heterocycles. The summed E-state index contributed by atoms with van der Waals surface area (Å²) in [6, 6.07) is 13.0. The van der Waals surface area contributed by atoms with Crippen LogP contribution in [-0.2, 0) is 7.05 Å². The summed E-state index contributed by atoms with van der Waals surface area (Å²) in [7, 11) is 1.66. The Morgan fingerprint density at radius 2 is 1.87 bits per heavy atom. The van der Waals surface area contributed by atoms with Crippen LogP contribution < -0.4 is 16.2 Å². The van der Waals surface area contributed by atoms with Gasteiger partial charge in [0, 0.05) is 43.1 Å². The molecule has 2 rings (SSSR count). The Hall–Kier alpha value is -2.56. The van der Waals surface area contributed by atoms with Crippen LogP contribution in [0.2, 0.25) is 0 Å². The number of aryl methyl sites for hydroxylation is 1. The highest BCUT2D eigenvalue weighted by molar-refractivity contribution is 5.94. The number of pyridine rings is 1. The molecule has 0 bridgehead atoms. The summed E-state index contributed by atoms with van der Waals surface area (Å²) in [5.41, 5.74) is 1.21. The fourth-order valence-corrected chi connectivity index (χ4v) is 2.20. The average Bonchev–Trinajstić information content (AvgIpc) is 2.54. The number of amides is 1. The first-order chi connectivity index (χ1) is 11.0. The van der Waals surface area contributed by atoms with Crippen LogP contribution in [0.1, 0.15) is 24.2 Å². The highest BCUT2D eigenvalue weighted by atomic mass is 16.2. The SMILES string of the molecule is CC(C)C(CNC(=O)c1ccn(C)c(=O)c1)Nc1ccccc1. The molecule has 1 aromatic heterocycles. The Kier molecular flexibility index (Phi) is 5.57. The Balaban J connectivity index is 1.99. The van der Waals surface area contributed by atoms with E-state index >= 15 is 0 Å². The van der Waals surface area contributed by atoms with Crippen molar-refractivity contribution in [2.24, 2.45) is 13.0 Å². The van der Waals surface area contributed by atoms with Gasteiger partial charge >= 0.3 is 0 Å². The summed E-state index contributed by atoms with van der Waals surface area (Å²) in [6.07, 6.45) is 1.60. The number of nitrogens with zero attached hydrogens (tertiary/aromatic N) is 1. The first-order valence-corrected chi connectivity index (χ1v) is 7.74. The number of benzene rings is 1. The van der Waals surface area contributed by atoms with Gasteiger partial charge in [-0.05, 0) is 24.1 Å². The molecule has 23 heavy (non-hydrogen) atoms. The van der Waals surface area contributed by atoms with Gasteiger partial charge in [-0.1, -0.05) is 32.0 Å². The van der Waals surface area contributed by atoms with Gasteiger partial charge < -0.3 is 15.2 Å². The number of carbonyl (C=O) groups excluding carboxylic acids is 1. The maximum atomic E-state index is 12.2. The van der Waals surface area contributed by atoms with Gasteiger partial charge in [-0.15, -0.1) is 0 Å². The molecule has 0 saturated heterocycles. The summed E-state index contributed by atoms with van der Waals surface area (Å²) < 4.78 is 1.44. The molecule has 0 aliphatic carbocycles. The molecule has 1 unspecified atom stereocenters. The van der Waals surface area contributed by atoms with Gasteiger partial charge in [-0.25, -0.2) is 0 Å². The first-order valence-electron chi connectivity index (χ1n) is 7.74. The lowest BCUT2D eigenvalue weighted by Crippen LogP contribution is -2.40. The maximum absolute atomic E-state index is 12.2. The second-order valence-corrected chi connectivity index (χ2v) is 5.94. The normalized spacial score (nSPS) is 12.0. The van der Waals surface area contributed by atoms with Crippen LogP contribution in [0, 0.1) is 5.92 Å². The number of aromatic nitrogens is 1. The molecule has 5 nitrogen and oxygen atoms in total. The van der Waals surface area contributed by atoms with Crippen molar-refractivity contribution < 1.29 is 4.79 Å². The van der Waals surface area contributed by atoms with Crippen molar-refractivity contribution in [2.75, 3.05) is 11.9 Å². The lowest BCUT2D eigenvalue weighted by molar-refractivity contribution is 0.0950. The van der Waals surface area contributed by atoms with E-state index in [2.05, 4.69) is 24.5 Å². The number of rotatable bonds is 6. The molecule has 2 N–H and O–H groups in total. The number of nitrogens with one attached hydrogen (secondary N) is 2. The van der Waals surface area contributed by atoms with E-state index in [0.29, 0.717) is 18.0 Å². The molecule has 0 aliphatic rings. The van der Waals surface area contributed by atoms with Crippen molar-refractivity contribution in [1.29, 1.82) is 0 Å². The minimum atomic E-state index is -0.233. The molecule has 1 amide bonds. The van der Waals surface area contributed by atoms with Crippen molar-refractivity contribution in [3.63, 3.8) is 0 Å². The van der Waals surface area contributed by atoms with Crippen LogP contribution in [0.15, 0.2) is 53.5 Å². The number of para-hydroxylation sites is 1. The third-order valence-corrected chi connectivity index (χ3v) is 3.78. The van der Waals surface area contributed by atoms with Gasteiger partial charge in [-0.3, -0.25) is 9.59 Å². The molecule has 0 aliphatic heterocycles. The molecular formula is C18H23N3O2. The van der Waals surface area contributed by atoms with Gasteiger partial charge in [0.15, 0.2) is 0 Å². The largest absolute Gasteiger partial charge is 0.380 e. The maximum Gasteiger partial charge on any atom is 0.251 e. The van der Waals surface area contributed by atoms with E-state index in [-0.39, 0.29) is 17.5 Å². The van der Waals surface area contributed by atoms with Crippen LogP contribution >= 0.6 is 0 Å². The van der Waals surface area contributed by atoms with Crippen LogP contribution in [0.25, 0.3) is 0 Å². The minimum Gasteiger partial charge on any atom is -0.380 e. The van der Waals surface area contributed by atoms with Crippen LogP contribution in [0.4, 0.5) is 5.69 Å². The van der Waals surface area contributed by atoms with Gasteiger partial charge in [0.25, 0.3) is 11.5 Å². The predicted octanol–water partition coefficient (Wildman–Crippen LogP) is 2.25. The van der Waals surface area contributed by atoms with Crippen LogP contribution in [0.5, 0.6) is 0 Å². The van der Waals surface area contributed by atoms with E-state index < -0.39 is 0 Å². The Labute approximate surface area is 136 Å². The zero-order chi connectivity index (χ0) is 16.8. The quantitative estimate of drug-likeness (QED) is 0.860. The van der Waals surface area contributed by atoms with E-state index in [0.717, 1.165) is 5.69 Å². The van der Waals surface area contributed by atoms with Crippen molar-refractivity contribution in [2.45, 2.75) is 19.9 Å². The summed E-state index contributed by atoms with van der Waals surface area (Å²) in [5, 5.41) is 6.32. The van der Waals surface area contributed by atoms with E-state index in [1.54, 1.807) is 19.3 Å². The fourth-order valence-electron chi connectivity index (χ4n) is 2.20. The molecule has 1 atom stereocenters. The van der Waals surface area contributed by atoms with Crippen LogP contribution in [0.3, 0.4) is 0 Å². The fraction of sp³-hybridized carbons (Fsp3) is 0.333. The second-order valence-electron chi connectivity index (χ2n) is 5.94. The van der Waals surface area contributed by atoms with Gasteiger partial charge in [-0.2, -0.15) is 0 Å². The number of carbonyl (C=O) groups is 1. The van der Waals surface area contributed by atoms with E-state index in [1.807, 2.05) is 30.3 Å². The van der Waals surface area contributed by atoms with Gasteiger partial charge in [0.1, 0.15) is 0 Å². The number of hydrogen-bond acceptors (Lipinski definition) is 3. The molecule has 0 radical (unpaired) electrons. The molecule has 5 heteroatoms. The summed E-state index contributed by atoms with van der Waals surface area (Å²) in [4.78, 5) is 23.8. The summed E-state index contributed by atoms with van der Waals surface area (Å²) in [5.74, 6) is 0.113. The highest BCUT2D eigenvalue weighted by Crippen LogP contribution is 2.12. The van der Waals surface area contributed by atoms with Crippen LogP contribution in [-0.4, -0.2) is 23.1 Å². The topological polar surface area (TPSA) is 63.1 Å². The number of hydrogen-bond donors (Lipinski definition) is 2. The van der Waals surface area contributed by atoms with E-state index in [9.17, 15) is 9.59 Å². The summed E-state index contributed by atoms with van der Waals surface area (Å²) in [6.45, 7) is 4.69. The average molecular weight is 313 g/mol. The molecular weight excluding hydrogens is 290 g/mol. The first kappa shape index (κ1) is 16.8. The minimum absolute atomic E-state index is 0.105. The van der Waals surface area contributed by atoms with E-state index in [1.165, 1.54) is 10.6 Å². The van der Waals surface area contributed by atoms with Gasteiger partial charge in [0.05, 0.1) is 0 Å². The third-order valence-electron chi connectivity index (χ3n) is 3.78. The van der Waals surface area contributed by atoms with Crippen molar-refractivity contribution in [1.82, 2.24) is 9.88 Å². The number of anilines is 1. The molecule has 122 valence electrons. The molecule has 0 saturated carbocycles. The van der Waals surface area contributed by atoms with E-state index in [4.69, 9.17) is 0 Å². The lowest BCUT2D eigenvalue weighted by Gasteiger charge is -2.24. The Morgan fingerprint density at radius 1 is 1.17 bits per heavy atom.